The minimum Gasteiger partial charge on any atom is -0.465 e. The van der Waals surface area contributed by atoms with Gasteiger partial charge in [-0.25, -0.2) is 9.18 Å². The summed E-state index contributed by atoms with van der Waals surface area (Å²) in [5.74, 6) is -0.896. The Morgan fingerprint density at radius 2 is 2.14 bits per heavy atom. The second kappa shape index (κ2) is 5.88. The van der Waals surface area contributed by atoms with Crippen molar-refractivity contribution in [1.29, 1.82) is 0 Å². The highest BCUT2D eigenvalue weighted by molar-refractivity contribution is 7.18. The molecule has 2 aromatic rings. The van der Waals surface area contributed by atoms with Gasteiger partial charge in [0.2, 0.25) is 5.91 Å². The van der Waals surface area contributed by atoms with Crippen LogP contribution in [0.15, 0.2) is 36.4 Å². The maximum absolute atomic E-state index is 13.2. The normalized spacial score (nSPS) is 19.5. The molecule has 1 N–H and O–H groups in total. The van der Waals surface area contributed by atoms with Crippen molar-refractivity contribution < 1.29 is 18.7 Å². The molecule has 4 nitrogen and oxygen atoms in total. The molecule has 1 heterocycles. The average Bonchev–Trinajstić information content (AvgIpc) is 3.19. The molecule has 0 radical (unpaired) electrons. The highest BCUT2D eigenvalue weighted by Gasteiger charge is 2.44. The third kappa shape index (κ3) is 3.01. The van der Waals surface area contributed by atoms with E-state index in [0.717, 1.165) is 5.56 Å². The van der Waals surface area contributed by atoms with E-state index in [9.17, 15) is 14.0 Å². The molecular formula is C16H14FNO3S. The van der Waals surface area contributed by atoms with Gasteiger partial charge in [0.1, 0.15) is 10.7 Å². The second-order valence-corrected chi connectivity index (χ2v) is 6.23. The number of halogens is 1. The predicted octanol–water partition coefficient (Wildman–Crippen LogP) is 3.42. The largest absolute Gasteiger partial charge is 0.465 e. The molecule has 0 bridgehead atoms. The van der Waals surface area contributed by atoms with Gasteiger partial charge < -0.3 is 10.1 Å². The molecule has 1 aliphatic carbocycles. The van der Waals surface area contributed by atoms with Crippen molar-refractivity contribution in [1.82, 2.24) is 0 Å². The minimum atomic E-state index is -0.422. The molecule has 0 unspecified atom stereocenters. The molecule has 114 valence electrons. The van der Waals surface area contributed by atoms with Gasteiger partial charge in [-0.3, -0.25) is 4.79 Å². The minimum absolute atomic E-state index is 0.0655. The molecule has 3 rings (SSSR count). The average molecular weight is 319 g/mol. The van der Waals surface area contributed by atoms with Gasteiger partial charge in [-0.15, -0.1) is 11.3 Å². The molecule has 2 atom stereocenters. The van der Waals surface area contributed by atoms with Crippen LogP contribution in [-0.2, 0) is 9.53 Å². The number of rotatable bonds is 4. The van der Waals surface area contributed by atoms with Crippen LogP contribution in [0.1, 0.15) is 27.6 Å². The quantitative estimate of drug-likeness (QED) is 0.879. The topological polar surface area (TPSA) is 55.4 Å². The number of hydrogen-bond acceptors (Lipinski definition) is 4. The lowest BCUT2D eigenvalue weighted by molar-refractivity contribution is -0.117. The van der Waals surface area contributed by atoms with E-state index in [-0.39, 0.29) is 23.6 Å². The number of nitrogens with one attached hydrogen (secondary N) is 1. The fourth-order valence-electron chi connectivity index (χ4n) is 2.42. The summed E-state index contributed by atoms with van der Waals surface area (Å²) in [4.78, 5) is 24.0. The SMILES string of the molecule is COC(=O)c1ccc(NC(=O)[C@H]2C[C@@H]2c2cccc(F)c2)s1. The lowest BCUT2D eigenvalue weighted by Crippen LogP contribution is -2.13. The molecule has 1 aliphatic rings. The van der Waals surface area contributed by atoms with E-state index in [1.165, 1.54) is 30.6 Å². The molecule has 1 aromatic heterocycles. The first-order valence-corrected chi connectivity index (χ1v) is 7.64. The third-order valence-corrected chi connectivity index (χ3v) is 4.62. The molecule has 0 spiro atoms. The van der Waals surface area contributed by atoms with Crippen LogP contribution in [0.5, 0.6) is 0 Å². The second-order valence-electron chi connectivity index (χ2n) is 5.15. The van der Waals surface area contributed by atoms with Gasteiger partial charge in [-0.2, -0.15) is 0 Å². The summed E-state index contributed by atoms with van der Waals surface area (Å²) in [6.45, 7) is 0. The number of ether oxygens (including phenoxy) is 1. The Morgan fingerprint density at radius 3 is 2.86 bits per heavy atom. The number of anilines is 1. The molecule has 0 aliphatic heterocycles. The Kier molecular flexibility index (Phi) is 3.94. The Balaban J connectivity index is 1.62. The fourth-order valence-corrected chi connectivity index (χ4v) is 3.25. The van der Waals surface area contributed by atoms with Crippen LogP contribution in [0.3, 0.4) is 0 Å². The molecule has 1 aromatic carbocycles. The van der Waals surface area contributed by atoms with Gasteiger partial charge in [-0.05, 0) is 42.2 Å². The summed E-state index contributed by atoms with van der Waals surface area (Å²) < 4.78 is 17.8. The van der Waals surface area contributed by atoms with Crippen molar-refractivity contribution >= 4 is 28.2 Å². The highest BCUT2D eigenvalue weighted by Crippen LogP contribution is 2.48. The Morgan fingerprint density at radius 1 is 1.32 bits per heavy atom. The highest BCUT2D eigenvalue weighted by atomic mass is 32.1. The number of hydrogen-bond donors (Lipinski definition) is 1. The number of thiophene rings is 1. The first-order valence-electron chi connectivity index (χ1n) is 6.83. The Labute approximate surface area is 130 Å². The third-order valence-electron chi connectivity index (χ3n) is 3.64. The molecule has 1 amide bonds. The van der Waals surface area contributed by atoms with E-state index in [1.807, 2.05) is 6.07 Å². The molecule has 1 saturated carbocycles. The maximum Gasteiger partial charge on any atom is 0.348 e. The van der Waals surface area contributed by atoms with Crippen LogP contribution in [0, 0.1) is 11.7 Å². The van der Waals surface area contributed by atoms with E-state index < -0.39 is 5.97 Å². The molecule has 0 saturated heterocycles. The van der Waals surface area contributed by atoms with Crippen LogP contribution in [0.2, 0.25) is 0 Å². The van der Waals surface area contributed by atoms with E-state index in [1.54, 1.807) is 18.2 Å². The number of benzene rings is 1. The molecule has 1 fully saturated rings. The number of carbonyl (C=O) groups excluding carboxylic acids is 2. The summed E-state index contributed by atoms with van der Waals surface area (Å²) in [6, 6.07) is 9.64. The first kappa shape index (κ1) is 14.7. The number of esters is 1. The standard InChI is InChI=1S/C16H14FNO3S/c1-21-16(20)13-5-6-14(22-13)18-15(19)12-8-11(12)9-3-2-4-10(17)7-9/h2-7,11-12H,8H2,1H3,(H,18,19)/t11-,12+/m1/s1. The first-order chi connectivity index (χ1) is 10.6. The molecule has 6 heteroatoms. The van der Waals surface area contributed by atoms with E-state index in [0.29, 0.717) is 16.3 Å². The predicted molar refractivity (Wildman–Crippen MR) is 81.5 cm³/mol. The van der Waals surface area contributed by atoms with Crippen molar-refractivity contribution in [3.05, 3.63) is 52.7 Å². The maximum atomic E-state index is 13.2. The van der Waals surface area contributed by atoms with Crippen LogP contribution in [0.4, 0.5) is 9.39 Å². The van der Waals surface area contributed by atoms with Gasteiger partial charge in [0.15, 0.2) is 0 Å². The lowest BCUT2D eigenvalue weighted by Gasteiger charge is -2.02. The monoisotopic (exact) mass is 319 g/mol. The zero-order valence-electron chi connectivity index (χ0n) is 11.8. The summed E-state index contributed by atoms with van der Waals surface area (Å²) in [7, 11) is 1.31. The van der Waals surface area contributed by atoms with Crippen LogP contribution < -0.4 is 5.32 Å². The van der Waals surface area contributed by atoms with Crippen molar-refractivity contribution in [2.45, 2.75) is 12.3 Å². The van der Waals surface area contributed by atoms with E-state index >= 15 is 0 Å². The zero-order chi connectivity index (χ0) is 15.7. The van der Waals surface area contributed by atoms with Crippen LogP contribution >= 0.6 is 11.3 Å². The van der Waals surface area contributed by atoms with Gasteiger partial charge in [0.05, 0.1) is 12.1 Å². The summed E-state index contributed by atoms with van der Waals surface area (Å²) in [5.41, 5.74) is 0.849. The van der Waals surface area contributed by atoms with Crippen molar-refractivity contribution in [2.75, 3.05) is 12.4 Å². The summed E-state index contributed by atoms with van der Waals surface area (Å²) in [5, 5.41) is 3.40. The van der Waals surface area contributed by atoms with Crippen LogP contribution in [-0.4, -0.2) is 19.0 Å². The smallest absolute Gasteiger partial charge is 0.348 e. The number of carbonyl (C=O) groups is 2. The van der Waals surface area contributed by atoms with Gasteiger partial charge in [0, 0.05) is 5.92 Å². The van der Waals surface area contributed by atoms with Crippen molar-refractivity contribution in [3.8, 4) is 0 Å². The number of methoxy groups -OCH3 is 1. The van der Waals surface area contributed by atoms with Crippen molar-refractivity contribution in [2.24, 2.45) is 5.92 Å². The van der Waals surface area contributed by atoms with Crippen LogP contribution in [0.25, 0.3) is 0 Å². The van der Waals surface area contributed by atoms with E-state index in [4.69, 9.17) is 0 Å². The Bertz CT molecular complexity index is 728. The van der Waals surface area contributed by atoms with E-state index in [2.05, 4.69) is 10.1 Å². The van der Waals surface area contributed by atoms with Crippen molar-refractivity contribution in [3.63, 3.8) is 0 Å². The summed E-state index contributed by atoms with van der Waals surface area (Å²) >= 11 is 1.17. The number of amides is 1. The van der Waals surface area contributed by atoms with Gasteiger partial charge >= 0.3 is 5.97 Å². The van der Waals surface area contributed by atoms with Gasteiger partial charge in [0.25, 0.3) is 0 Å². The van der Waals surface area contributed by atoms with Gasteiger partial charge in [-0.1, -0.05) is 12.1 Å². The molecule has 22 heavy (non-hydrogen) atoms. The lowest BCUT2D eigenvalue weighted by atomic mass is 10.1. The summed E-state index contributed by atoms with van der Waals surface area (Å²) in [6.07, 6.45) is 0.713. The molecular weight excluding hydrogens is 305 g/mol. The Hall–Kier alpha value is -2.21. The zero-order valence-corrected chi connectivity index (χ0v) is 12.7. The fraction of sp³-hybridized carbons (Fsp3) is 0.250.